The Hall–Kier alpha value is -1.29. The van der Waals surface area contributed by atoms with E-state index in [1.807, 2.05) is 26.8 Å². The van der Waals surface area contributed by atoms with Gasteiger partial charge in [-0.1, -0.05) is 13.8 Å². The van der Waals surface area contributed by atoms with Crippen LogP contribution in [0.5, 0.6) is 0 Å². The van der Waals surface area contributed by atoms with Gasteiger partial charge in [-0.2, -0.15) is 0 Å². The van der Waals surface area contributed by atoms with Gasteiger partial charge in [0.15, 0.2) is 0 Å². The normalized spacial score (nSPS) is 12.7. The predicted molar refractivity (Wildman–Crippen MR) is 77.1 cm³/mol. The number of nitrogens with one attached hydrogen (secondary N) is 2. The summed E-state index contributed by atoms with van der Waals surface area (Å²) in [6.07, 6.45) is 1.02. The molecule has 0 fully saturated rings. The summed E-state index contributed by atoms with van der Waals surface area (Å²) < 4.78 is 5.49. The molecule has 0 saturated carbocycles. The zero-order chi connectivity index (χ0) is 14.4. The summed E-state index contributed by atoms with van der Waals surface area (Å²) in [5.74, 6) is 2.48. The van der Waals surface area contributed by atoms with Crippen molar-refractivity contribution in [2.45, 2.75) is 47.1 Å². The second kappa shape index (κ2) is 7.34. The van der Waals surface area contributed by atoms with Crippen molar-refractivity contribution in [3.8, 4) is 0 Å². The zero-order valence-electron chi connectivity index (χ0n) is 12.7. The Bertz CT molecular complexity index is 410. The summed E-state index contributed by atoms with van der Waals surface area (Å²) in [4.78, 5) is 11.7. The molecule has 1 aromatic heterocycles. The van der Waals surface area contributed by atoms with Gasteiger partial charge in [-0.05, 0) is 39.2 Å². The van der Waals surface area contributed by atoms with E-state index in [0.717, 1.165) is 30.0 Å². The average Bonchev–Trinajstić information content (AvgIpc) is 2.65. The second-order valence-electron chi connectivity index (χ2n) is 5.50. The van der Waals surface area contributed by atoms with Gasteiger partial charge >= 0.3 is 0 Å². The van der Waals surface area contributed by atoms with Crippen LogP contribution in [-0.4, -0.2) is 19.0 Å². The van der Waals surface area contributed by atoms with Gasteiger partial charge in [0, 0.05) is 18.2 Å². The number of amides is 1. The minimum atomic E-state index is 0.0466. The first-order valence-electron chi connectivity index (χ1n) is 6.97. The van der Waals surface area contributed by atoms with Crippen LogP contribution in [0.3, 0.4) is 0 Å². The standard InChI is InChI=1S/C15H26N2O2/c1-10(2)6-7-16-15(18)9-17-12(4)14-8-11(3)19-13(14)5/h8,10,12,17H,6-7,9H2,1-5H3,(H,16,18). The van der Waals surface area contributed by atoms with Crippen LogP contribution in [-0.2, 0) is 4.79 Å². The van der Waals surface area contributed by atoms with E-state index in [1.54, 1.807) is 0 Å². The smallest absolute Gasteiger partial charge is 0.233 e. The summed E-state index contributed by atoms with van der Waals surface area (Å²) in [5, 5.41) is 6.13. The number of hydrogen-bond donors (Lipinski definition) is 2. The molecular weight excluding hydrogens is 240 g/mol. The minimum Gasteiger partial charge on any atom is -0.466 e. The molecule has 0 spiro atoms. The molecule has 0 aromatic carbocycles. The molecule has 0 aliphatic rings. The predicted octanol–water partition coefficient (Wildman–Crippen LogP) is 2.71. The van der Waals surface area contributed by atoms with Gasteiger partial charge in [0.25, 0.3) is 0 Å². The quantitative estimate of drug-likeness (QED) is 0.798. The molecule has 1 amide bonds. The third-order valence-electron chi connectivity index (χ3n) is 3.16. The van der Waals surface area contributed by atoms with Gasteiger partial charge in [-0.25, -0.2) is 0 Å². The number of aryl methyl sites for hydroxylation is 2. The van der Waals surface area contributed by atoms with Crippen LogP contribution < -0.4 is 10.6 Å². The van der Waals surface area contributed by atoms with Crippen molar-refractivity contribution in [2.75, 3.05) is 13.1 Å². The van der Waals surface area contributed by atoms with Crippen LogP contribution in [0.2, 0.25) is 0 Å². The van der Waals surface area contributed by atoms with Crippen LogP contribution in [0, 0.1) is 19.8 Å². The molecule has 0 aliphatic carbocycles. The largest absolute Gasteiger partial charge is 0.466 e. The highest BCUT2D eigenvalue weighted by atomic mass is 16.3. The molecular formula is C15H26N2O2. The van der Waals surface area contributed by atoms with Crippen LogP contribution in [0.1, 0.15) is 50.3 Å². The zero-order valence-corrected chi connectivity index (χ0v) is 12.7. The van der Waals surface area contributed by atoms with Gasteiger partial charge in [0.1, 0.15) is 11.5 Å². The molecule has 0 bridgehead atoms. The van der Waals surface area contributed by atoms with Crippen LogP contribution >= 0.6 is 0 Å². The second-order valence-corrected chi connectivity index (χ2v) is 5.50. The van der Waals surface area contributed by atoms with Crippen molar-refractivity contribution in [2.24, 2.45) is 5.92 Å². The van der Waals surface area contributed by atoms with E-state index in [9.17, 15) is 4.79 Å². The lowest BCUT2D eigenvalue weighted by atomic mass is 10.1. The van der Waals surface area contributed by atoms with E-state index in [0.29, 0.717) is 12.5 Å². The monoisotopic (exact) mass is 266 g/mol. The maximum atomic E-state index is 11.7. The lowest BCUT2D eigenvalue weighted by Crippen LogP contribution is -2.35. The molecule has 4 heteroatoms. The Balaban J connectivity index is 2.32. The molecule has 2 N–H and O–H groups in total. The number of hydrogen-bond acceptors (Lipinski definition) is 3. The van der Waals surface area contributed by atoms with Gasteiger partial charge < -0.3 is 15.1 Å². The van der Waals surface area contributed by atoms with Gasteiger partial charge in [-0.15, -0.1) is 0 Å². The minimum absolute atomic E-state index is 0.0466. The number of furan rings is 1. The molecule has 19 heavy (non-hydrogen) atoms. The van der Waals surface area contributed by atoms with E-state index < -0.39 is 0 Å². The molecule has 1 aromatic rings. The first-order chi connectivity index (χ1) is 8.90. The van der Waals surface area contributed by atoms with E-state index in [2.05, 4.69) is 24.5 Å². The molecule has 0 radical (unpaired) electrons. The Labute approximate surface area is 116 Å². The number of carbonyl (C=O) groups is 1. The van der Waals surface area contributed by atoms with Crippen LogP contribution in [0.4, 0.5) is 0 Å². The third kappa shape index (κ3) is 5.47. The summed E-state index contributed by atoms with van der Waals surface area (Å²) in [6, 6.07) is 2.14. The topological polar surface area (TPSA) is 54.3 Å². The molecule has 1 atom stereocenters. The van der Waals surface area contributed by atoms with E-state index >= 15 is 0 Å². The first kappa shape index (κ1) is 15.8. The highest BCUT2D eigenvalue weighted by Crippen LogP contribution is 2.20. The van der Waals surface area contributed by atoms with Crippen molar-refractivity contribution in [3.05, 3.63) is 23.2 Å². The highest BCUT2D eigenvalue weighted by Gasteiger charge is 2.13. The maximum absolute atomic E-state index is 11.7. The average molecular weight is 266 g/mol. The molecule has 0 saturated heterocycles. The lowest BCUT2D eigenvalue weighted by Gasteiger charge is -2.13. The fourth-order valence-electron chi connectivity index (χ4n) is 2.00. The van der Waals surface area contributed by atoms with E-state index in [1.165, 1.54) is 0 Å². The first-order valence-corrected chi connectivity index (χ1v) is 6.97. The summed E-state index contributed by atoms with van der Waals surface area (Å²) >= 11 is 0. The molecule has 1 unspecified atom stereocenters. The van der Waals surface area contributed by atoms with Gasteiger partial charge in [0.2, 0.25) is 5.91 Å². The van der Waals surface area contributed by atoms with E-state index in [-0.39, 0.29) is 11.9 Å². The number of carbonyl (C=O) groups excluding carboxylic acids is 1. The number of rotatable bonds is 7. The van der Waals surface area contributed by atoms with Crippen molar-refractivity contribution in [1.29, 1.82) is 0 Å². The van der Waals surface area contributed by atoms with Crippen LogP contribution in [0.15, 0.2) is 10.5 Å². The van der Waals surface area contributed by atoms with Crippen molar-refractivity contribution < 1.29 is 9.21 Å². The highest BCUT2D eigenvalue weighted by molar-refractivity contribution is 5.78. The van der Waals surface area contributed by atoms with Crippen molar-refractivity contribution in [1.82, 2.24) is 10.6 Å². The molecule has 4 nitrogen and oxygen atoms in total. The van der Waals surface area contributed by atoms with Crippen LogP contribution in [0.25, 0.3) is 0 Å². The van der Waals surface area contributed by atoms with Crippen molar-refractivity contribution >= 4 is 5.91 Å². The van der Waals surface area contributed by atoms with Crippen molar-refractivity contribution in [3.63, 3.8) is 0 Å². The molecule has 108 valence electrons. The Morgan fingerprint density at radius 1 is 1.32 bits per heavy atom. The Kier molecular flexibility index (Phi) is 6.09. The lowest BCUT2D eigenvalue weighted by molar-refractivity contribution is -0.120. The summed E-state index contributed by atoms with van der Waals surface area (Å²) in [7, 11) is 0. The summed E-state index contributed by atoms with van der Waals surface area (Å²) in [6.45, 7) is 11.3. The molecule has 1 heterocycles. The van der Waals surface area contributed by atoms with E-state index in [4.69, 9.17) is 4.42 Å². The van der Waals surface area contributed by atoms with Gasteiger partial charge in [0.05, 0.1) is 6.54 Å². The SMILES string of the molecule is Cc1cc(C(C)NCC(=O)NCCC(C)C)c(C)o1. The molecule has 1 rings (SSSR count). The Morgan fingerprint density at radius 2 is 2.00 bits per heavy atom. The summed E-state index contributed by atoms with van der Waals surface area (Å²) in [5.41, 5.74) is 1.12. The van der Waals surface area contributed by atoms with Gasteiger partial charge in [-0.3, -0.25) is 4.79 Å². The molecule has 0 aliphatic heterocycles. The fraction of sp³-hybridized carbons (Fsp3) is 0.667. The third-order valence-corrected chi connectivity index (χ3v) is 3.16. The maximum Gasteiger partial charge on any atom is 0.233 e. The Morgan fingerprint density at radius 3 is 2.53 bits per heavy atom. The fourth-order valence-corrected chi connectivity index (χ4v) is 2.00.